The maximum Gasteiger partial charge on any atom is 0.191 e. The van der Waals surface area contributed by atoms with Crippen LogP contribution < -0.4 is 10.6 Å². The molecule has 2 heterocycles. The fourth-order valence-electron chi connectivity index (χ4n) is 3.28. The van der Waals surface area contributed by atoms with Gasteiger partial charge in [0.15, 0.2) is 11.8 Å². The first kappa shape index (κ1) is 18.4. The lowest BCUT2D eigenvalue weighted by atomic mass is 10.1. The molecule has 0 spiro atoms. The van der Waals surface area contributed by atoms with Gasteiger partial charge < -0.3 is 10.6 Å². The van der Waals surface area contributed by atoms with Crippen LogP contribution in [0.1, 0.15) is 43.0 Å². The van der Waals surface area contributed by atoms with Crippen LogP contribution in [-0.4, -0.2) is 40.4 Å². The lowest BCUT2D eigenvalue weighted by Gasteiger charge is -2.25. The number of hydrogen-bond donors (Lipinski definition) is 2. The van der Waals surface area contributed by atoms with Gasteiger partial charge in [-0.25, -0.2) is 9.67 Å². The fourth-order valence-corrected chi connectivity index (χ4v) is 3.28. The number of aliphatic imine (C=N–C) groups is 1. The first-order chi connectivity index (χ1) is 12.7. The van der Waals surface area contributed by atoms with Crippen LogP contribution in [0.25, 0.3) is 0 Å². The van der Waals surface area contributed by atoms with Gasteiger partial charge in [0.05, 0.1) is 6.54 Å². The number of rotatable bonds is 6. The number of nitrogens with one attached hydrogen (secondary N) is 2. The Morgan fingerprint density at radius 2 is 1.96 bits per heavy atom. The quantitative estimate of drug-likeness (QED) is 0.616. The SMILES string of the molecule is CCc1ccc(CCNC(=NC)NC2CCc3nc(CC)nn3C2)cc1. The van der Waals surface area contributed by atoms with Gasteiger partial charge in [0.25, 0.3) is 0 Å². The van der Waals surface area contributed by atoms with E-state index < -0.39 is 0 Å². The normalized spacial score (nSPS) is 17.0. The van der Waals surface area contributed by atoms with Crippen molar-refractivity contribution in [3.8, 4) is 0 Å². The number of aromatic nitrogens is 3. The molecule has 2 N–H and O–H groups in total. The van der Waals surface area contributed by atoms with Crippen LogP contribution in [0.3, 0.4) is 0 Å². The minimum absolute atomic E-state index is 0.337. The molecule has 140 valence electrons. The van der Waals surface area contributed by atoms with Gasteiger partial charge >= 0.3 is 0 Å². The number of fused-ring (bicyclic) bond motifs is 1. The molecule has 1 aromatic heterocycles. The van der Waals surface area contributed by atoms with E-state index in [0.29, 0.717) is 6.04 Å². The summed E-state index contributed by atoms with van der Waals surface area (Å²) in [5, 5.41) is 11.5. The van der Waals surface area contributed by atoms with Gasteiger partial charge in [-0.3, -0.25) is 4.99 Å². The Balaban J connectivity index is 1.47. The third kappa shape index (κ3) is 4.62. The first-order valence-electron chi connectivity index (χ1n) is 9.69. The number of aryl methyl sites for hydroxylation is 3. The van der Waals surface area contributed by atoms with Gasteiger partial charge in [-0.15, -0.1) is 0 Å². The average Bonchev–Trinajstić information content (AvgIpc) is 3.10. The van der Waals surface area contributed by atoms with E-state index in [4.69, 9.17) is 0 Å². The monoisotopic (exact) mass is 354 g/mol. The van der Waals surface area contributed by atoms with E-state index in [1.807, 2.05) is 11.7 Å². The predicted octanol–water partition coefficient (Wildman–Crippen LogP) is 2.13. The van der Waals surface area contributed by atoms with Crippen molar-refractivity contribution in [2.24, 2.45) is 4.99 Å². The Bertz CT molecular complexity index is 731. The zero-order chi connectivity index (χ0) is 18.4. The van der Waals surface area contributed by atoms with Gasteiger partial charge in [0, 0.05) is 32.5 Å². The lowest BCUT2D eigenvalue weighted by Crippen LogP contribution is -2.47. The highest BCUT2D eigenvalue weighted by Crippen LogP contribution is 2.13. The molecule has 0 radical (unpaired) electrons. The van der Waals surface area contributed by atoms with E-state index in [1.165, 1.54) is 11.1 Å². The van der Waals surface area contributed by atoms with Gasteiger partial charge in [-0.1, -0.05) is 38.1 Å². The standard InChI is InChI=1S/C20H30N6/c1-4-15-6-8-16(9-7-15)12-13-22-20(21-3)23-17-10-11-19-24-18(5-2)25-26(19)14-17/h6-9,17H,4-5,10-14H2,1-3H3,(H2,21,22,23). The molecule has 0 saturated carbocycles. The Morgan fingerprint density at radius 1 is 1.19 bits per heavy atom. The van der Waals surface area contributed by atoms with Gasteiger partial charge in [-0.2, -0.15) is 5.10 Å². The van der Waals surface area contributed by atoms with Crippen LogP contribution in [0.15, 0.2) is 29.3 Å². The molecule has 2 aromatic rings. The summed E-state index contributed by atoms with van der Waals surface area (Å²) < 4.78 is 2.04. The fraction of sp³-hybridized carbons (Fsp3) is 0.550. The molecule has 3 rings (SSSR count). The summed E-state index contributed by atoms with van der Waals surface area (Å²) in [6.45, 7) is 6.00. The highest BCUT2D eigenvalue weighted by Gasteiger charge is 2.21. The third-order valence-corrected chi connectivity index (χ3v) is 4.92. The Kier molecular flexibility index (Phi) is 6.26. The minimum atomic E-state index is 0.337. The van der Waals surface area contributed by atoms with Gasteiger partial charge in [0.2, 0.25) is 0 Å². The van der Waals surface area contributed by atoms with E-state index in [2.05, 4.69) is 63.8 Å². The Morgan fingerprint density at radius 3 is 2.65 bits per heavy atom. The highest BCUT2D eigenvalue weighted by molar-refractivity contribution is 5.79. The molecular weight excluding hydrogens is 324 g/mol. The van der Waals surface area contributed by atoms with Crippen LogP contribution in [-0.2, 0) is 32.2 Å². The molecule has 1 atom stereocenters. The molecule has 0 fully saturated rings. The van der Waals surface area contributed by atoms with Crippen LogP contribution in [0.5, 0.6) is 0 Å². The number of hydrogen-bond acceptors (Lipinski definition) is 3. The molecule has 0 aliphatic carbocycles. The molecule has 0 amide bonds. The third-order valence-electron chi connectivity index (χ3n) is 4.92. The molecule has 6 nitrogen and oxygen atoms in total. The zero-order valence-corrected chi connectivity index (χ0v) is 16.1. The number of benzene rings is 1. The summed E-state index contributed by atoms with van der Waals surface area (Å²) in [4.78, 5) is 8.94. The molecule has 0 saturated heterocycles. The lowest BCUT2D eigenvalue weighted by molar-refractivity contribution is 0.392. The van der Waals surface area contributed by atoms with Crippen molar-refractivity contribution in [3.05, 3.63) is 47.0 Å². The van der Waals surface area contributed by atoms with Crippen molar-refractivity contribution in [2.75, 3.05) is 13.6 Å². The maximum atomic E-state index is 4.58. The minimum Gasteiger partial charge on any atom is -0.356 e. The van der Waals surface area contributed by atoms with E-state index in [0.717, 1.165) is 62.8 Å². The van der Waals surface area contributed by atoms with E-state index in [1.54, 1.807) is 0 Å². The van der Waals surface area contributed by atoms with Crippen LogP contribution in [0, 0.1) is 0 Å². The second-order valence-electron chi connectivity index (χ2n) is 6.78. The summed E-state index contributed by atoms with van der Waals surface area (Å²) in [5.74, 6) is 2.91. The molecule has 1 aromatic carbocycles. The van der Waals surface area contributed by atoms with E-state index >= 15 is 0 Å². The van der Waals surface area contributed by atoms with Gasteiger partial charge in [0.1, 0.15) is 5.82 Å². The van der Waals surface area contributed by atoms with Gasteiger partial charge in [-0.05, 0) is 30.4 Å². The predicted molar refractivity (Wildman–Crippen MR) is 106 cm³/mol. The highest BCUT2D eigenvalue weighted by atomic mass is 15.4. The molecule has 6 heteroatoms. The molecule has 1 aliphatic rings. The topological polar surface area (TPSA) is 67.1 Å². The largest absolute Gasteiger partial charge is 0.356 e. The molecule has 1 aliphatic heterocycles. The maximum absolute atomic E-state index is 4.58. The van der Waals surface area contributed by atoms with Crippen molar-refractivity contribution >= 4 is 5.96 Å². The van der Waals surface area contributed by atoms with Crippen molar-refractivity contribution in [2.45, 2.75) is 58.5 Å². The summed E-state index contributed by atoms with van der Waals surface area (Å²) in [5.41, 5.74) is 2.73. The summed E-state index contributed by atoms with van der Waals surface area (Å²) in [7, 11) is 1.82. The van der Waals surface area contributed by atoms with E-state index in [9.17, 15) is 0 Å². The first-order valence-corrected chi connectivity index (χ1v) is 9.69. The number of nitrogens with zero attached hydrogens (tertiary/aromatic N) is 4. The van der Waals surface area contributed by atoms with Crippen molar-refractivity contribution in [1.82, 2.24) is 25.4 Å². The second kappa shape index (κ2) is 8.83. The molecule has 26 heavy (non-hydrogen) atoms. The Labute approximate surface area is 156 Å². The van der Waals surface area contributed by atoms with Crippen molar-refractivity contribution < 1.29 is 0 Å². The van der Waals surface area contributed by atoms with Crippen LogP contribution >= 0.6 is 0 Å². The summed E-state index contributed by atoms with van der Waals surface area (Å²) in [6.07, 6.45) is 4.99. The number of guanidine groups is 1. The van der Waals surface area contributed by atoms with Crippen molar-refractivity contribution in [3.63, 3.8) is 0 Å². The Hall–Kier alpha value is -2.37. The molecule has 0 bridgehead atoms. The zero-order valence-electron chi connectivity index (χ0n) is 16.1. The summed E-state index contributed by atoms with van der Waals surface area (Å²) >= 11 is 0. The van der Waals surface area contributed by atoms with E-state index in [-0.39, 0.29) is 0 Å². The smallest absolute Gasteiger partial charge is 0.191 e. The van der Waals surface area contributed by atoms with Crippen LogP contribution in [0.4, 0.5) is 0 Å². The average molecular weight is 355 g/mol. The van der Waals surface area contributed by atoms with Crippen LogP contribution in [0.2, 0.25) is 0 Å². The molecule has 1 unspecified atom stereocenters. The second-order valence-corrected chi connectivity index (χ2v) is 6.78. The van der Waals surface area contributed by atoms with Crippen molar-refractivity contribution in [1.29, 1.82) is 0 Å². The molecular formula is C20H30N6. The summed E-state index contributed by atoms with van der Waals surface area (Å²) in [6, 6.07) is 9.20.